The molecule has 8 heteroatoms. The molecule has 1 aliphatic rings. The van der Waals surface area contributed by atoms with Crippen LogP contribution >= 0.6 is 0 Å². The first-order valence-electron chi connectivity index (χ1n) is 11.6. The summed E-state index contributed by atoms with van der Waals surface area (Å²) < 4.78 is 1.95. The fraction of sp³-hybridized carbons (Fsp3) is 0.269. The van der Waals surface area contributed by atoms with E-state index >= 15 is 0 Å². The Balaban J connectivity index is 1.22. The van der Waals surface area contributed by atoms with Crippen molar-refractivity contribution in [2.45, 2.75) is 25.3 Å². The van der Waals surface area contributed by atoms with Crippen molar-refractivity contribution in [1.29, 1.82) is 0 Å². The number of piperidine rings is 1. The van der Waals surface area contributed by atoms with Gasteiger partial charge in [-0.25, -0.2) is 0 Å². The molecular formula is C26H25N7O. The number of ketones is 1. The third-order valence-corrected chi connectivity index (χ3v) is 6.70. The van der Waals surface area contributed by atoms with Gasteiger partial charge in [-0.2, -0.15) is 15.3 Å². The number of benzene rings is 1. The molecule has 1 aliphatic heterocycles. The van der Waals surface area contributed by atoms with Crippen LogP contribution in [0.5, 0.6) is 0 Å². The van der Waals surface area contributed by atoms with Crippen LogP contribution in [-0.4, -0.2) is 60.8 Å². The van der Waals surface area contributed by atoms with Gasteiger partial charge in [-0.1, -0.05) is 6.07 Å². The normalized spacial score (nSPS) is 15.3. The van der Waals surface area contributed by atoms with Crippen molar-refractivity contribution in [2.75, 3.05) is 20.1 Å². The Morgan fingerprint density at radius 2 is 1.91 bits per heavy atom. The van der Waals surface area contributed by atoms with Gasteiger partial charge in [0.1, 0.15) is 0 Å². The fourth-order valence-corrected chi connectivity index (χ4v) is 4.65. The van der Waals surface area contributed by atoms with E-state index in [1.54, 1.807) is 6.20 Å². The second-order valence-corrected chi connectivity index (χ2v) is 9.09. The molecule has 1 saturated heterocycles. The number of fused-ring (bicyclic) bond motifs is 2. The summed E-state index contributed by atoms with van der Waals surface area (Å²) in [5.41, 5.74) is 6.07. The van der Waals surface area contributed by atoms with Crippen molar-refractivity contribution in [3.8, 4) is 11.1 Å². The predicted molar refractivity (Wildman–Crippen MR) is 131 cm³/mol. The molecule has 5 aromatic rings. The van der Waals surface area contributed by atoms with Crippen molar-refractivity contribution >= 4 is 27.7 Å². The number of likely N-dealkylation sites (tertiary alicyclic amines) is 1. The second-order valence-electron chi connectivity index (χ2n) is 9.09. The first kappa shape index (κ1) is 20.7. The Hall–Kier alpha value is -3.91. The van der Waals surface area contributed by atoms with Crippen LogP contribution in [0.4, 0.5) is 0 Å². The van der Waals surface area contributed by atoms with Gasteiger partial charge in [0, 0.05) is 29.5 Å². The molecule has 0 saturated carbocycles. The summed E-state index contributed by atoms with van der Waals surface area (Å²) in [6.45, 7) is 2.11. The van der Waals surface area contributed by atoms with E-state index in [0.717, 1.165) is 59.0 Å². The summed E-state index contributed by atoms with van der Waals surface area (Å²) in [5.74, 6) is 0.00498. The first-order valence-corrected chi connectivity index (χ1v) is 11.6. The zero-order chi connectivity index (χ0) is 23.1. The maximum absolute atomic E-state index is 12.9. The maximum Gasteiger partial charge on any atom is 0.172 e. The molecule has 6 rings (SSSR count). The Bertz CT molecular complexity index is 1490. The average Bonchev–Trinajstić information content (AvgIpc) is 3.54. The predicted octanol–water partition coefficient (Wildman–Crippen LogP) is 4.06. The molecule has 4 aromatic heterocycles. The number of pyridine rings is 1. The minimum Gasteiger partial charge on any atom is -0.360 e. The number of carbonyl (C=O) groups is 1. The standard InChI is InChI=1S/C26H25N7O/c1-32-8-5-22(6-9-32)33-16-20(15-29-33)26(34)13-21-11-18-10-17(2-3-23(18)31-30-21)19-12-25-24(28-14-19)4-7-27-25/h2-4,7,10-12,14-16,22,27H,5-6,8-9,13H2,1H3. The third-order valence-electron chi connectivity index (χ3n) is 6.70. The van der Waals surface area contributed by atoms with Gasteiger partial charge in [-0.15, -0.1) is 0 Å². The summed E-state index contributed by atoms with van der Waals surface area (Å²) in [6, 6.07) is 12.4. The molecule has 0 aliphatic carbocycles. The molecule has 0 atom stereocenters. The highest BCUT2D eigenvalue weighted by atomic mass is 16.1. The first-order chi connectivity index (χ1) is 16.6. The Kier molecular flexibility index (Phi) is 5.15. The molecule has 5 heterocycles. The number of nitrogens with one attached hydrogen (secondary N) is 1. The lowest BCUT2D eigenvalue weighted by Crippen LogP contribution is -2.31. The van der Waals surface area contributed by atoms with Crippen LogP contribution in [0.3, 0.4) is 0 Å². The molecule has 0 radical (unpaired) electrons. The molecule has 8 nitrogen and oxygen atoms in total. The van der Waals surface area contributed by atoms with Crippen LogP contribution in [0.2, 0.25) is 0 Å². The van der Waals surface area contributed by atoms with Gasteiger partial charge < -0.3 is 9.88 Å². The highest BCUT2D eigenvalue weighted by Gasteiger charge is 2.20. The van der Waals surface area contributed by atoms with E-state index in [-0.39, 0.29) is 12.2 Å². The zero-order valence-corrected chi connectivity index (χ0v) is 19.0. The van der Waals surface area contributed by atoms with E-state index < -0.39 is 0 Å². The minimum atomic E-state index is 0.00498. The number of rotatable bonds is 5. The van der Waals surface area contributed by atoms with Gasteiger partial charge in [0.25, 0.3) is 0 Å². The van der Waals surface area contributed by atoms with Crippen LogP contribution in [-0.2, 0) is 6.42 Å². The average molecular weight is 452 g/mol. The topological polar surface area (TPSA) is 92.6 Å². The number of carbonyl (C=O) groups excluding carboxylic acids is 1. The van der Waals surface area contributed by atoms with E-state index in [2.05, 4.69) is 49.3 Å². The zero-order valence-electron chi connectivity index (χ0n) is 19.0. The Morgan fingerprint density at radius 1 is 1.03 bits per heavy atom. The van der Waals surface area contributed by atoms with Crippen LogP contribution in [0.25, 0.3) is 33.1 Å². The molecule has 1 aromatic carbocycles. The lowest BCUT2D eigenvalue weighted by Gasteiger charge is -2.28. The Labute approximate surface area is 196 Å². The number of Topliss-reactive ketones (excluding diaryl/α,β-unsaturated/α-hetero) is 1. The van der Waals surface area contributed by atoms with Crippen LogP contribution in [0.1, 0.15) is 34.9 Å². The molecule has 0 bridgehead atoms. The molecule has 0 amide bonds. The number of nitrogens with zero attached hydrogens (tertiary/aromatic N) is 6. The van der Waals surface area contributed by atoms with E-state index in [9.17, 15) is 4.79 Å². The SMILES string of the molecule is CN1CCC(n2cc(C(=O)Cc3cc4cc(-c5cnc6cc[nH]c6c5)ccc4nn3)cn2)CC1. The number of hydrogen-bond acceptors (Lipinski definition) is 6. The number of aromatic amines is 1. The second kappa shape index (κ2) is 8.46. The van der Waals surface area contributed by atoms with Crippen LogP contribution in [0, 0.1) is 0 Å². The molecule has 34 heavy (non-hydrogen) atoms. The molecule has 170 valence electrons. The highest BCUT2D eigenvalue weighted by molar-refractivity contribution is 5.97. The molecular weight excluding hydrogens is 426 g/mol. The van der Waals surface area contributed by atoms with Crippen LogP contribution < -0.4 is 0 Å². The van der Waals surface area contributed by atoms with Gasteiger partial charge >= 0.3 is 0 Å². The lowest BCUT2D eigenvalue weighted by atomic mass is 10.0. The summed E-state index contributed by atoms with van der Waals surface area (Å²) in [4.78, 5) is 23.0. The summed E-state index contributed by atoms with van der Waals surface area (Å²) in [7, 11) is 2.14. The number of hydrogen-bond donors (Lipinski definition) is 1. The minimum absolute atomic E-state index is 0.00498. The maximum atomic E-state index is 12.9. The van der Waals surface area contributed by atoms with E-state index in [0.29, 0.717) is 17.3 Å². The van der Waals surface area contributed by atoms with Gasteiger partial charge in [0.05, 0.1) is 46.5 Å². The fourth-order valence-electron chi connectivity index (χ4n) is 4.65. The highest BCUT2D eigenvalue weighted by Crippen LogP contribution is 2.26. The largest absolute Gasteiger partial charge is 0.360 e. The van der Waals surface area contributed by atoms with Crippen molar-refractivity contribution in [1.82, 2.24) is 34.8 Å². The third kappa shape index (κ3) is 3.97. The smallest absolute Gasteiger partial charge is 0.172 e. The van der Waals surface area contributed by atoms with Gasteiger partial charge in [-0.3, -0.25) is 14.5 Å². The van der Waals surface area contributed by atoms with Crippen LogP contribution in [0.15, 0.2) is 61.2 Å². The molecule has 1 fully saturated rings. The van der Waals surface area contributed by atoms with Gasteiger partial charge in [0.2, 0.25) is 0 Å². The van der Waals surface area contributed by atoms with E-state index in [1.165, 1.54) is 0 Å². The number of aromatic nitrogens is 6. The number of H-pyrrole nitrogens is 1. The monoisotopic (exact) mass is 451 g/mol. The Morgan fingerprint density at radius 3 is 2.79 bits per heavy atom. The van der Waals surface area contributed by atoms with Crippen molar-refractivity contribution in [3.63, 3.8) is 0 Å². The molecule has 0 unspecified atom stereocenters. The quantitative estimate of drug-likeness (QED) is 0.405. The van der Waals surface area contributed by atoms with E-state index in [1.807, 2.05) is 47.5 Å². The molecule has 1 N–H and O–H groups in total. The summed E-state index contributed by atoms with van der Waals surface area (Å²) >= 11 is 0. The van der Waals surface area contributed by atoms with E-state index in [4.69, 9.17) is 0 Å². The van der Waals surface area contributed by atoms with Gasteiger partial charge in [-0.05, 0) is 68.9 Å². The molecule has 0 spiro atoms. The van der Waals surface area contributed by atoms with Crippen molar-refractivity contribution in [2.24, 2.45) is 0 Å². The van der Waals surface area contributed by atoms with Crippen molar-refractivity contribution in [3.05, 3.63) is 72.4 Å². The lowest BCUT2D eigenvalue weighted by molar-refractivity contribution is 0.0991. The van der Waals surface area contributed by atoms with Crippen molar-refractivity contribution < 1.29 is 4.79 Å². The summed E-state index contributed by atoms with van der Waals surface area (Å²) in [5, 5.41) is 14.1. The van der Waals surface area contributed by atoms with Gasteiger partial charge in [0.15, 0.2) is 5.78 Å². The summed E-state index contributed by atoms with van der Waals surface area (Å²) in [6.07, 6.45) is 9.62.